The van der Waals surface area contributed by atoms with E-state index in [0.29, 0.717) is 22.6 Å². The van der Waals surface area contributed by atoms with E-state index >= 15 is 0 Å². The van der Waals surface area contributed by atoms with Gasteiger partial charge in [-0.2, -0.15) is 5.26 Å². The minimum Gasteiger partial charge on any atom is -0.466 e. The predicted octanol–water partition coefficient (Wildman–Crippen LogP) is 2.74. The lowest BCUT2D eigenvalue weighted by molar-refractivity contribution is -0.131. The molecule has 6 nitrogen and oxygen atoms in total. The molecule has 1 aliphatic heterocycles. The molecule has 1 atom stereocenters. The quantitative estimate of drug-likeness (QED) is 0.880. The number of amides is 3. The first-order valence-corrected chi connectivity index (χ1v) is 7.56. The Morgan fingerprint density at radius 2 is 1.92 bits per heavy atom. The van der Waals surface area contributed by atoms with Crippen LogP contribution in [0.3, 0.4) is 0 Å². The van der Waals surface area contributed by atoms with Gasteiger partial charge < -0.3 is 9.73 Å². The highest BCUT2D eigenvalue weighted by molar-refractivity contribution is 6.07. The molecule has 3 amide bonds. The van der Waals surface area contributed by atoms with Gasteiger partial charge in [0.1, 0.15) is 17.1 Å². The van der Waals surface area contributed by atoms with Gasteiger partial charge in [0.05, 0.1) is 18.2 Å². The van der Waals surface area contributed by atoms with Crippen molar-refractivity contribution >= 4 is 11.9 Å². The van der Waals surface area contributed by atoms with Gasteiger partial charge in [0.15, 0.2) is 0 Å². The Balaban J connectivity index is 1.88. The van der Waals surface area contributed by atoms with Crippen LogP contribution >= 0.6 is 0 Å². The number of nitrogens with one attached hydrogen (secondary N) is 1. The Morgan fingerprint density at radius 3 is 2.46 bits per heavy atom. The highest BCUT2D eigenvalue weighted by atomic mass is 16.3. The number of nitrogens with zero attached hydrogens (tertiary/aromatic N) is 2. The van der Waals surface area contributed by atoms with E-state index in [1.807, 2.05) is 6.07 Å². The summed E-state index contributed by atoms with van der Waals surface area (Å²) in [5, 5.41) is 11.6. The zero-order valence-electron chi connectivity index (χ0n) is 13.7. The lowest BCUT2D eigenvalue weighted by Gasteiger charge is -2.21. The van der Waals surface area contributed by atoms with E-state index in [0.717, 1.165) is 5.56 Å². The fraction of sp³-hybridized carbons (Fsp3) is 0.278. The molecule has 1 saturated heterocycles. The number of carbonyl (C=O) groups excluding carboxylic acids is 2. The first-order chi connectivity index (χ1) is 11.3. The molecule has 3 rings (SSSR count). The third kappa shape index (κ3) is 2.44. The molecule has 6 heteroatoms. The molecule has 1 unspecified atom stereocenters. The van der Waals surface area contributed by atoms with Crippen LogP contribution < -0.4 is 5.32 Å². The molecule has 2 heterocycles. The summed E-state index contributed by atoms with van der Waals surface area (Å²) in [6, 6.07) is 10.2. The Morgan fingerprint density at radius 1 is 1.25 bits per heavy atom. The second-order valence-corrected chi connectivity index (χ2v) is 6.08. The van der Waals surface area contributed by atoms with Gasteiger partial charge in [0.2, 0.25) is 0 Å². The van der Waals surface area contributed by atoms with Crippen LogP contribution in [0.25, 0.3) is 0 Å². The summed E-state index contributed by atoms with van der Waals surface area (Å²) in [5.74, 6) is 0.987. The van der Waals surface area contributed by atoms with E-state index in [1.54, 1.807) is 51.1 Å². The molecule has 0 radical (unpaired) electrons. The Bertz CT molecular complexity index is 861. The van der Waals surface area contributed by atoms with Gasteiger partial charge in [0.25, 0.3) is 5.91 Å². The smallest absolute Gasteiger partial charge is 0.325 e. The van der Waals surface area contributed by atoms with Crippen molar-refractivity contribution in [3.05, 3.63) is 58.5 Å². The van der Waals surface area contributed by atoms with Crippen molar-refractivity contribution in [3.63, 3.8) is 0 Å². The summed E-state index contributed by atoms with van der Waals surface area (Å²) in [5.41, 5.74) is 0.846. The number of urea groups is 1. The van der Waals surface area contributed by atoms with Crippen molar-refractivity contribution in [2.45, 2.75) is 32.9 Å². The van der Waals surface area contributed by atoms with Gasteiger partial charge in [-0.05, 0) is 44.5 Å². The summed E-state index contributed by atoms with van der Waals surface area (Å²) in [4.78, 5) is 26.4. The minimum absolute atomic E-state index is 0.155. The number of carbonyl (C=O) groups is 2. The van der Waals surface area contributed by atoms with Gasteiger partial charge in [-0.15, -0.1) is 0 Å². The van der Waals surface area contributed by atoms with E-state index in [-0.39, 0.29) is 12.5 Å². The maximum atomic E-state index is 12.9. The van der Waals surface area contributed by atoms with Crippen molar-refractivity contribution < 1.29 is 14.0 Å². The third-order valence-corrected chi connectivity index (χ3v) is 4.28. The van der Waals surface area contributed by atoms with Gasteiger partial charge in [0, 0.05) is 5.56 Å². The van der Waals surface area contributed by atoms with Gasteiger partial charge >= 0.3 is 6.03 Å². The molecule has 0 bridgehead atoms. The molecule has 1 N–H and O–H groups in total. The van der Waals surface area contributed by atoms with Crippen LogP contribution in [0.1, 0.15) is 35.1 Å². The van der Waals surface area contributed by atoms with Crippen LogP contribution in [0, 0.1) is 25.2 Å². The second kappa shape index (κ2) is 5.53. The average Bonchev–Trinajstić information content (AvgIpc) is 3.00. The molecule has 24 heavy (non-hydrogen) atoms. The number of nitriles is 1. The number of rotatable bonds is 3. The van der Waals surface area contributed by atoms with E-state index in [1.165, 1.54) is 4.90 Å². The zero-order chi connectivity index (χ0) is 17.5. The van der Waals surface area contributed by atoms with Crippen molar-refractivity contribution in [2.75, 3.05) is 0 Å². The zero-order valence-corrected chi connectivity index (χ0v) is 13.7. The molecular weight excluding hydrogens is 306 g/mol. The van der Waals surface area contributed by atoms with Crippen LogP contribution in [0.2, 0.25) is 0 Å². The average molecular weight is 323 g/mol. The van der Waals surface area contributed by atoms with Gasteiger partial charge in [-0.25, -0.2) is 4.79 Å². The first kappa shape index (κ1) is 15.8. The molecule has 0 aliphatic carbocycles. The monoisotopic (exact) mass is 323 g/mol. The lowest BCUT2D eigenvalue weighted by atomic mass is 9.92. The highest BCUT2D eigenvalue weighted by Crippen LogP contribution is 2.33. The maximum Gasteiger partial charge on any atom is 0.325 e. The lowest BCUT2D eigenvalue weighted by Crippen LogP contribution is -2.41. The summed E-state index contributed by atoms with van der Waals surface area (Å²) in [6.45, 7) is 5.41. The Labute approximate surface area is 139 Å². The summed E-state index contributed by atoms with van der Waals surface area (Å²) in [6.07, 6.45) is 0. The van der Waals surface area contributed by atoms with Gasteiger partial charge in [-0.3, -0.25) is 9.69 Å². The van der Waals surface area contributed by atoms with Crippen LogP contribution in [0.4, 0.5) is 4.79 Å². The number of hydrogen-bond acceptors (Lipinski definition) is 4. The summed E-state index contributed by atoms with van der Waals surface area (Å²) < 4.78 is 5.50. The van der Waals surface area contributed by atoms with Gasteiger partial charge in [-0.1, -0.05) is 12.1 Å². The molecule has 1 aromatic carbocycles. The SMILES string of the molecule is Cc1cc(C2(C)NC(=O)N(Cc3ccc(C#N)cc3)C2=O)c(C)o1. The molecule has 0 spiro atoms. The molecule has 122 valence electrons. The third-order valence-electron chi connectivity index (χ3n) is 4.28. The maximum absolute atomic E-state index is 12.9. The number of benzene rings is 1. The number of hydrogen-bond donors (Lipinski definition) is 1. The summed E-state index contributed by atoms with van der Waals surface area (Å²) >= 11 is 0. The van der Waals surface area contributed by atoms with E-state index in [4.69, 9.17) is 9.68 Å². The van der Waals surface area contributed by atoms with Crippen molar-refractivity contribution in [1.82, 2.24) is 10.2 Å². The van der Waals surface area contributed by atoms with Crippen LogP contribution in [0.15, 0.2) is 34.7 Å². The second-order valence-electron chi connectivity index (χ2n) is 6.08. The predicted molar refractivity (Wildman–Crippen MR) is 85.8 cm³/mol. The first-order valence-electron chi connectivity index (χ1n) is 7.56. The van der Waals surface area contributed by atoms with Crippen molar-refractivity contribution in [3.8, 4) is 6.07 Å². The van der Waals surface area contributed by atoms with Crippen LogP contribution in [-0.2, 0) is 16.9 Å². The van der Waals surface area contributed by atoms with Crippen LogP contribution in [-0.4, -0.2) is 16.8 Å². The molecule has 1 aliphatic rings. The van der Waals surface area contributed by atoms with E-state index in [9.17, 15) is 9.59 Å². The molecule has 1 fully saturated rings. The largest absolute Gasteiger partial charge is 0.466 e. The standard InChI is InChI=1S/C18H17N3O3/c1-11-8-15(12(2)24-11)18(3)16(22)21(17(23)20-18)10-14-6-4-13(9-19)5-7-14/h4-8H,10H2,1-3H3,(H,20,23). The van der Waals surface area contributed by atoms with E-state index in [2.05, 4.69) is 5.32 Å². The minimum atomic E-state index is -1.13. The fourth-order valence-electron chi connectivity index (χ4n) is 3.02. The van der Waals surface area contributed by atoms with Crippen molar-refractivity contribution in [1.29, 1.82) is 5.26 Å². The highest BCUT2D eigenvalue weighted by Gasteiger charge is 2.50. The Kier molecular flexibility index (Phi) is 3.64. The summed E-state index contributed by atoms with van der Waals surface area (Å²) in [7, 11) is 0. The van der Waals surface area contributed by atoms with Crippen LogP contribution in [0.5, 0.6) is 0 Å². The fourth-order valence-corrected chi connectivity index (χ4v) is 3.02. The normalized spacial score (nSPS) is 20.2. The molecule has 2 aromatic rings. The number of imide groups is 1. The number of aryl methyl sites for hydroxylation is 2. The number of furan rings is 1. The van der Waals surface area contributed by atoms with E-state index < -0.39 is 11.6 Å². The molecule has 1 aromatic heterocycles. The molecule has 0 saturated carbocycles. The molecular formula is C18H17N3O3. The topological polar surface area (TPSA) is 86.3 Å². The van der Waals surface area contributed by atoms with Crippen molar-refractivity contribution in [2.24, 2.45) is 0 Å². The Hall–Kier alpha value is -3.07.